The van der Waals surface area contributed by atoms with Crippen LogP contribution >= 0.6 is 11.6 Å². The van der Waals surface area contributed by atoms with E-state index < -0.39 is 0 Å². The van der Waals surface area contributed by atoms with Gasteiger partial charge in [0.25, 0.3) is 5.91 Å². The number of aryl methyl sites for hydroxylation is 1. The van der Waals surface area contributed by atoms with Crippen molar-refractivity contribution in [1.82, 2.24) is 15.1 Å². The number of ketones is 1. The van der Waals surface area contributed by atoms with Gasteiger partial charge < -0.3 is 24.9 Å². The molecule has 0 saturated carbocycles. The molecule has 1 atom stereocenters. The van der Waals surface area contributed by atoms with Gasteiger partial charge in [0.2, 0.25) is 5.78 Å². The average Bonchev–Trinajstić information content (AvgIpc) is 3.35. The number of hydrogen-bond donors (Lipinski definition) is 2. The Hall–Kier alpha value is -3.03. The minimum absolute atomic E-state index is 0.0915. The number of rotatable bonds is 8. The number of Topliss-reactive ketones (excluding diaryl/α,β-unsaturated/α-hetero) is 1. The van der Waals surface area contributed by atoms with Gasteiger partial charge in [-0.15, -0.1) is 0 Å². The lowest BCUT2D eigenvalue weighted by Gasteiger charge is -2.36. The van der Waals surface area contributed by atoms with Gasteiger partial charge in [-0.25, -0.2) is 0 Å². The van der Waals surface area contributed by atoms with Crippen molar-refractivity contribution >= 4 is 29.0 Å². The Morgan fingerprint density at radius 1 is 1.17 bits per heavy atom. The van der Waals surface area contributed by atoms with E-state index in [1.165, 1.54) is 0 Å². The molecular weight excluding hydrogens is 464 g/mol. The number of allylic oxidation sites excluding steroid dienone is 2. The van der Waals surface area contributed by atoms with E-state index in [1.807, 2.05) is 38.1 Å². The summed E-state index contributed by atoms with van der Waals surface area (Å²) in [6.45, 7) is 14.0. The zero-order valence-corrected chi connectivity index (χ0v) is 22.0. The molecule has 4 rings (SSSR count). The molecule has 1 aromatic heterocycles. The third-order valence-electron chi connectivity index (χ3n) is 6.44. The summed E-state index contributed by atoms with van der Waals surface area (Å²) in [5.41, 5.74) is 3.07. The number of hydrogen-bond acceptors (Lipinski definition) is 6. The monoisotopic (exact) mass is 496 g/mol. The quantitative estimate of drug-likeness (QED) is 0.506. The molecule has 0 saturated heterocycles. The molecule has 0 radical (unpaired) electrons. The van der Waals surface area contributed by atoms with Crippen LogP contribution in [0, 0.1) is 12.3 Å². The molecule has 2 aliphatic rings. The Morgan fingerprint density at radius 2 is 1.89 bits per heavy atom. The number of likely N-dealkylation sites (N-methyl/N-ethyl adjacent to an activating group) is 1. The summed E-state index contributed by atoms with van der Waals surface area (Å²) >= 11 is 6.46. The molecule has 1 aliphatic carbocycles. The number of nitrogens with zero attached hydrogens (tertiary/aromatic N) is 2. The lowest BCUT2D eigenvalue weighted by Crippen LogP contribution is -2.40. The van der Waals surface area contributed by atoms with Crippen LogP contribution in [-0.2, 0) is 11.3 Å². The second-order valence-corrected chi connectivity index (χ2v) is 11.0. The predicted molar refractivity (Wildman–Crippen MR) is 138 cm³/mol. The second kappa shape index (κ2) is 9.21. The average molecular weight is 497 g/mol. The van der Waals surface area contributed by atoms with Crippen molar-refractivity contribution in [1.29, 1.82) is 0 Å². The van der Waals surface area contributed by atoms with Crippen LogP contribution < -0.4 is 10.6 Å². The van der Waals surface area contributed by atoms with Crippen molar-refractivity contribution in [3.63, 3.8) is 0 Å². The number of amides is 1. The zero-order chi connectivity index (χ0) is 25.7. The molecule has 35 heavy (non-hydrogen) atoms. The number of furan rings is 1. The first kappa shape index (κ1) is 25.1. The number of nitrogens with one attached hydrogen (secondary N) is 2. The molecule has 1 aliphatic heterocycles. The van der Waals surface area contributed by atoms with Crippen LogP contribution in [0.5, 0.6) is 0 Å². The van der Waals surface area contributed by atoms with Crippen molar-refractivity contribution in [2.24, 2.45) is 5.41 Å². The molecule has 1 amide bonds. The summed E-state index contributed by atoms with van der Waals surface area (Å²) in [5.74, 6) is 1.33. The van der Waals surface area contributed by atoms with Gasteiger partial charge >= 0.3 is 0 Å². The summed E-state index contributed by atoms with van der Waals surface area (Å²) in [6, 6.07) is 7.20. The maximum atomic E-state index is 13.3. The highest BCUT2D eigenvalue weighted by Gasteiger charge is 2.39. The van der Waals surface area contributed by atoms with Crippen LogP contribution in [-0.4, -0.2) is 48.7 Å². The van der Waals surface area contributed by atoms with Gasteiger partial charge in [-0.05, 0) is 50.7 Å². The van der Waals surface area contributed by atoms with E-state index >= 15 is 0 Å². The lowest BCUT2D eigenvalue weighted by atomic mass is 9.83. The summed E-state index contributed by atoms with van der Waals surface area (Å²) in [7, 11) is 3.94. The molecule has 0 unspecified atom stereocenters. The van der Waals surface area contributed by atoms with Crippen LogP contribution in [0.25, 0.3) is 0 Å². The first-order valence-corrected chi connectivity index (χ1v) is 12.1. The first-order chi connectivity index (χ1) is 16.4. The maximum absolute atomic E-state index is 13.3. The molecular formula is C27H33ClN4O3. The van der Waals surface area contributed by atoms with Gasteiger partial charge in [-0.1, -0.05) is 39.0 Å². The minimum Gasteiger partial charge on any atom is -0.464 e. The minimum atomic E-state index is -0.203. The van der Waals surface area contributed by atoms with Gasteiger partial charge in [0, 0.05) is 35.8 Å². The molecule has 7 nitrogen and oxygen atoms in total. The standard InChI is InChI=1S/C27H33ClN4O3/c1-15-8-11-20(35-15)25(27(3,4)5)30-22-16(2)24(33)23(22)29-19-10-9-18(28)17-14-32(13-12-31(6)7)26(34)21(17)19/h8-11,25,29-30H,2,12-14H2,1,3-7H3/t25-/m0/s1. The van der Waals surface area contributed by atoms with Crippen molar-refractivity contribution < 1.29 is 14.0 Å². The molecule has 2 N–H and O–H groups in total. The van der Waals surface area contributed by atoms with Gasteiger partial charge in [-0.3, -0.25) is 9.59 Å². The highest BCUT2D eigenvalue weighted by Crippen LogP contribution is 2.40. The van der Waals surface area contributed by atoms with Crippen LogP contribution in [0.15, 0.2) is 52.2 Å². The molecule has 1 aromatic carbocycles. The summed E-state index contributed by atoms with van der Waals surface area (Å²) in [4.78, 5) is 29.9. The fourth-order valence-electron chi connectivity index (χ4n) is 4.39. The molecule has 0 bridgehead atoms. The number of benzene rings is 1. The topological polar surface area (TPSA) is 77.8 Å². The van der Waals surface area contributed by atoms with Crippen molar-refractivity contribution in [3.8, 4) is 0 Å². The van der Waals surface area contributed by atoms with E-state index in [4.69, 9.17) is 16.0 Å². The third kappa shape index (κ3) is 4.75. The Kier molecular flexibility index (Phi) is 6.60. The summed E-state index contributed by atoms with van der Waals surface area (Å²) < 4.78 is 5.91. The SMILES string of the molecule is C=C1C(=O)C(Nc2ccc(Cl)c3c2C(=O)N(CCN(C)C)C3)=C1N[C@@H](c1ccc(C)o1)C(C)(C)C. The number of fused-ring (bicyclic) bond motifs is 1. The normalized spacial score (nSPS) is 16.7. The van der Waals surface area contributed by atoms with E-state index in [-0.39, 0.29) is 23.1 Å². The van der Waals surface area contributed by atoms with E-state index in [0.29, 0.717) is 46.3 Å². The van der Waals surface area contributed by atoms with E-state index in [9.17, 15) is 9.59 Å². The zero-order valence-electron chi connectivity index (χ0n) is 21.2. The van der Waals surface area contributed by atoms with Gasteiger partial charge in [0.05, 0.1) is 23.0 Å². The third-order valence-corrected chi connectivity index (χ3v) is 6.79. The Labute approximate surface area is 211 Å². The highest BCUT2D eigenvalue weighted by atomic mass is 35.5. The molecule has 2 aromatic rings. The fraction of sp³-hybridized carbons (Fsp3) is 0.407. The molecule has 186 valence electrons. The van der Waals surface area contributed by atoms with E-state index in [0.717, 1.165) is 23.6 Å². The molecule has 8 heteroatoms. The highest BCUT2D eigenvalue weighted by molar-refractivity contribution is 6.32. The Morgan fingerprint density at radius 3 is 2.49 bits per heavy atom. The van der Waals surface area contributed by atoms with Gasteiger partial charge in [-0.2, -0.15) is 0 Å². The largest absolute Gasteiger partial charge is 0.464 e. The molecule has 0 fully saturated rings. The van der Waals surface area contributed by atoms with E-state index in [1.54, 1.807) is 17.0 Å². The number of anilines is 1. The van der Waals surface area contributed by atoms with Crippen LogP contribution in [0.1, 0.15) is 54.3 Å². The van der Waals surface area contributed by atoms with Crippen LogP contribution in [0.4, 0.5) is 5.69 Å². The first-order valence-electron chi connectivity index (χ1n) is 11.7. The van der Waals surface area contributed by atoms with Crippen molar-refractivity contribution in [3.05, 3.63) is 75.5 Å². The van der Waals surface area contributed by atoms with Crippen molar-refractivity contribution in [2.45, 2.75) is 40.3 Å². The van der Waals surface area contributed by atoms with Crippen LogP contribution in [0.3, 0.4) is 0 Å². The smallest absolute Gasteiger partial charge is 0.256 e. The molecule has 0 spiro atoms. The predicted octanol–water partition coefficient (Wildman–Crippen LogP) is 4.90. The second-order valence-electron chi connectivity index (χ2n) is 10.6. The molecule has 2 heterocycles. The van der Waals surface area contributed by atoms with E-state index in [2.05, 4.69) is 38.0 Å². The summed E-state index contributed by atoms with van der Waals surface area (Å²) in [6.07, 6.45) is 0. The number of halogens is 1. The summed E-state index contributed by atoms with van der Waals surface area (Å²) in [5, 5.41) is 7.25. The Balaban J connectivity index is 1.66. The maximum Gasteiger partial charge on any atom is 0.256 e. The number of carbonyl (C=O) groups excluding carboxylic acids is 2. The van der Waals surface area contributed by atoms with Crippen molar-refractivity contribution in [2.75, 3.05) is 32.5 Å². The fourth-order valence-corrected chi connectivity index (χ4v) is 4.61. The Bertz CT molecular complexity index is 1240. The van der Waals surface area contributed by atoms with Gasteiger partial charge in [0.15, 0.2) is 0 Å². The lowest BCUT2D eigenvalue weighted by molar-refractivity contribution is -0.113. The number of carbonyl (C=O) groups is 2. The van der Waals surface area contributed by atoms with Gasteiger partial charge in [0.1, 0.15) is 17.2 Å². The van der Waals surface area contributed by atoms with Crippen LogP contribution in [0.2, 0.25) is 5.02 Å².